The van der Waals surface area contributed by atoms with Gasteiger partial charge >= 0.3 is 11.9 Å². The molecule has 0 spiro atoms. The first-order chi connectivity index (χ1) is 10.1. The van der Waals surface area contributed by atoms with Crippen molar-refractivity contribution in [2.45, 2.75) is 19.4 Å². The number of nitrogens with zero attached hydrogens (tertiary/aromatic N) is 2. The molecule has 1 N–H and O–H groups in total. The molecule has 0 aliphatic rings. The van der Waals surface area contributed by atoms with Gasteiger partial charge in [0.2, 0.25) is 0 Å². The summed E-state index contributed by atoms with van der Waals surface area (Å²) in [6.45, 7) is 1.80. The minimum Gasteiger partial charge on any atom is -0.481 e. The molecule has 21 heavy (non-hydrogen) atoms. The van der Waals surface area contributed by atoms with Crippen LogP contribution in [0.4, 0.5) is 0 Å². The third-order valence-electron chi connectivity index (χ3n) is 3.12. The molecule has 0 saturated heterocycles. The van der Waals surface area contributed by atoms with Gasteiger partial charge in [0.25, 0.3) is 0 Å². The number of aromatic nitrogens is 2. The van der Waals surface area contributed by atoms with E-state index in [4.69, 9.17) is 9.84 Å². The van der Waals surface area contributed by atoms with Crippen LogP contribution >= 0.6 is 0 Å². The molecule has 0 fully saturated rings. The van der Waals surface area contributed by atoms with E-state index in [0.717, 1.165) is 5.56 Å². The summed E-state index contributed by atoms with van der Waals surface area (Å²) in [5.41, 5.74) is 1.34. The summed E-state index contributed by atoms with van der Waals surface area (Å²) in [7, 11) is 0. The van der Waals surface area contributed by atoms with Crippen LogP contribution in [0, 0.1) is 0 Å². The van der Waals surface area contributed by atoms with Crippen LogP contribution in [0.2, 0.25) is 0 Å². The van der Waals surface area contributed by atoms with Crippen molar-refractivity contribution in [3.63, 3.8) is 0 Å². The molecule has 6 heteroatoms. The Morgan fingerprint density at radius 1 is 1.33 bits per heavy atom. The molecule has 0 aliphatic carbocycles. The average molecular weight is 288 g/mol. The number of carbonyl (C=O) groups is 2. The van der Waals surface area contributed by atoms with Gasteiger partial charge in [-0.2, -0.15) is 0 Å². The minimum atomic E-state index is -1.01. The lowest BCUT2D eigenvalue weighted by molar-refractivity contribution is -0.137. The number of imidazole rings is 1. The van der Waals surface area contributed by atoms with E-state index < -0.39 is 11.9 Å². The first-order valence-electron chi connectivity index (χ1n) is 6.55. The van der Waals surface area contributed by atoms with Crippen molar-refractivity contribution in [3.05, 3.63) is 54.1 Å². The first-order valence-corrected chi connectivity index (χ1v) is 6.55. The van der Waals surface area contributed by atoms with E-state index >= 15 is 0 Å². The van der Waals surface area contributed by atoms with Crippen LogP contribution in [0.25, 0.3) is 0 Å². The van der Waals surface area contributed by atoms with Gasteiger partial charge in [-0.25, -0.2) is 9.78 Å². The molecule has 1 heterocycles. The number of ether oxygens (including phenoxy) is 1. The molecular formula is C15H16N2O4. The van der Waals surface area contributed by atoms with Gasteiger partial charge in [-0.3, -0.25) is 4.79 Å². The molecule has 1 aromatic heterocycles. The number of aliphatic carboxylic acids is 1. The highest BCUT2D eigenvalue weighted by Crippen LogP contribution is 2.19. The summed E-state index contributed by atoms with van der Waals surface area (Å²) >= 11 is 0. The summed E-state index contributed by atoms with van der Waals surface area (Å²) < 4.78 is 6.65. The molecule has 1 unspecified atom stereocenters. The highest BCUT2D eigenvalue weighted by molar-refractivity contribution is 5.87. The van der Waals surface area contributed by atoms with Crippen molar-refractivity contribution in [1.29, 1.82) is 0 Å². The van der Waals surface area contributed by atoms with Gasteiger partial charge in [0.1, 0.15) is 12.3 Å². The van der Waals surface area contributed by atoms with Gasteiger partial charge < -0.3 is 14.4 Å². The van der Waals surface area contributed by atoms with Gasteiger partial charge in [-0.05, 0) is 12.5 Å². The van der Waals surface area contributed by atoms with Gasteiger partial charge in [-0.1, -0.05) is 30.3 Å². The predicted molar refractivity (Wildman–Crippen MR) is 75.0 cm³/mol. The molecule has 1 atom stereocenters. The third-order valence-corrected chi connectivity index (χ3v) is 3.12. The number of esters is 1. The maximum Gasteiger partial charge on any atom is 0.356 e. The van der Waals surface area contributed by atoms with E-state index in [1.807, 2.05) is 37.3 Å². The lowest BCUT2D eigenvalue weighted by Gasteiger charge is -2.16. The summed E-state index contributed by atoms with van der Waals surface area (Å²) in [6.07, 6.45) is 2.77. The van der Waals surface area contributed by atoms with Gasteiger partial charge in [0.15, 0.2) is 0 Å². The van der Waals surface area contributed by atoms with Crippen molar-refractivity contribution in [2.75, 3.05) is 6.61 Å². The summed E-state index contributed by atoms with van der Waals surface area (Å²) in [6, 6.07) is 9.62. The largest absolute Gasteiger partial charge is 0.481 e. The van der Waals surface area contributed by atoms with E-state index in [0.29, 0.717) is 5.69 Å². The Morgan fingerprint density at radius 3 is 2.71 bits per heavy atom. The Hall–Kier alpha value is -2.63. The Bertz CT molecular complexity index is 622. The molecule has 6 nitrogen and oxygen atoms in total. The number of rotatable bonds is 6. The number of carboxylic acids is 1. The van der Waals surface area contributed by atoms with E-state index in [1.165, 1.54) is 6.20 Å². The quantitative estimate of drug-likeness (QED) is 0.823. The Labute approximate surface area is 122 Å². The maximum atomic E-state index is 12.0. The van der Waals surface area contributed by atoms with Crippen LogP contribution in [0.3, 0.4) is 0 Å². The summed E-state index contributed by atoms with van der Waals surface area (Å²) in [5, 5.41) is 8.54. The van der Waals surface area contributed by atoms with Crippen molar-refractivity contribution in [2.24, 2.45) is 0 Å². The molecule has 2 aromatic rings. The SMILES string of the molecule is CC(c1ccccc1)n1cncc1C(=O)OCCC(=O)O. The number of benzene rings is 1. The Morgan fingerprint density at radius 2 is 2.05 bits per heavy atom. The molecular weight excluding hydrogens is 272 g/mol. The number of carboxylic acid groups (broad SMARTS) is 1. The summed E-state index contributed by atoms with van der Waals surface area (Å²) in [4.78, 5) is 26.4. The van der Waals surface area contributed by atoms with Crippen molar-refractivity contribution < 1.29 is 19.4 Å². The topological polar surface area (TPSA) is 81.4 Å². The summed E-state index contributed by atoms with van der Waals surface area (Å²) in [5.74, 6) is -1.58. The van der Waals surface area contributed by atoms with Crippen LogP contribution in [0.5, 0.6) is 0 Å². The first kappa shape index (κ1) is 14.8. The van der Waals surface area contributed by atoms with Gasteiger partial charge in [0, 0.05) is 0 Å². The number of hydrogen-bond donors (Lipinski definition) is 1. The van der Waals surface area contributed by atoms with Gasteiger partial charge in [-0.15, -0.1) is 0 Å². The van der Waals surface area contributed by atoms with E-state index in [1.54, 1.807) is 10.9 Å². The lowest BCUT2D eigenvalue weighted by atomic mass is 10.1. The van der Waals surface area contributed by atoms with Crippen molar-refractivity contribution >= 4 is 11.9 Å². The van der Waals surface area contributed by atoms with Crippen LogP contribution in [-0.2, 0) is 9.53 Å². The fourth-order valence-electron chi connectivity index (χ4n) is 1.97. The monoisotopic (exact) mass is 288 g/mol. The molecule has 0 radical (unpaired) electrons. The molecule has 1 aromatic carbocycles. The van der Waals surface area contributed by atoms with E-state index in [9.17, 15) is 9.59 Å². The smallest absolute Gasteiger partial charge is 0.356 e. The van der Waals surface area contributed by atoms with Crippen molar-refractivity contribution in [1.82, 2.24) is 9.55 Å². The van der Waals surface area contributed by atoms with Crippen LogP contribution in [0.15, 0.2) is 42.9 Å². The maximum absolute atomic E-state index is 12.0. The molecule has 0 aliphatic heterocycles. The second-order valence-electron chi connectivity index (χ2n) is 4.55. The second-order valence-corrected chi connectivity index (χ2v) is 4.55. The second kappa shape index (κ2) is 6.69. The third kappa shape index (κ3) is 3.68. The zero-order valence-corrected chi connectivity index (χ0v) is 11.6. The minimum absolute atomic E-state index is 0.0734. The average Bonchev–Trinajstić information content (AvgIpc) is 2.96. The number of carbonyl (C=O) groups excluding carboxylic acids is 1. The van der Waals surface area contributed by atoms with Crippen LogP contribution in [-0.4, -0.2) is 33.2 Å². The van der Waals surface area contributed by atoms with Crippen LogP contribution in [0.1, 0.15) is 35.4 Å². The van der Waals surface area contributed by atoms with Crippen LogP contribution < -0.4 is 0 Å². The molecule has 0 saturated carbocycles. The fraction of sp³-hybridized carbons (Fsp3) is 0.267. The Kier molecular flexibility index (Phi) is 4.71. The highest BCUT2D eigenvalue weighted by atomic mass is 16.5. The molecule has 110 valence electrons. The number of hydrogen-bond acceptors (Lipinski definition) is 4. The molecule has 0 amide bonds. The molecule has 0 bridgehead atoms. The zero-order valence-electron chi connectivity index (χ0n) is 11.6. The van der Waals surface area contributed by atoms with E-state index in [2.05, 4.69) is 4.98 Å². The van der Waals surface area contributed by atoms with Gasteiger partial charge in [0.05, 0.1) is 25.0 Å². The van der Waals surface area contributed by atoms with Crippen molar-refractivity contribution in [3.8, 4) is 0 Å². The lowest BCUT2D eigenvalue weighted by Crippen LogP contribution is -2.16. The standard InChI is InChI=1S/C15H16N2O4/c1-11(12-5-3-2-4-6-12)17-10-16-9-13(17)15(20)21-8-7-14(18)19/h2-6,9-11H,7-8H2,1H3,(H,18,19). The highest BCUT2D eigenvalue weighted by Gasteiger charge is 2.18. The Balaban J connectivity index is 2.11. The zero-order chi connectivity index (χ0) is 15.2. The molecule has 2 rings (SSSR count). The van der Waals surface area contributed by atoms with E-state index in [-0.39, 0.29) is 19.1 Å². The normalized spacial score (nSPS) is 11.9. The predicted octanol–water partition coefficient (Wildman–Crippen LogP) is 2.12. The fourth-order valence-corrected chi connectivity index (χ4v) is 1.97.